The number of hydrogen-bond acceptors (Lipinski definition) is 3. The molecule has 5 nitrogen and oxygen atoms in total. The van der Waals surface area contributed by atoms with Crippen LogP contribution in [-0.2, 0) is 15.8 Å². The highest BCUT2D eigenvalue weighted by Crippen LogP contribution is 2.34. The summed E-state index contributed by atoms with van der Waals surface area (Å²) < 4.78 is 38.9. The topological polar surface area (TPSA) is 61.4 Å². The van der Waals surface area contributed by atoms with E-state index in [1.54, 1.807) is 6.92 Å². The lowest BCUT2D eigenvalue weighted by Crippen LogP contribution is -2.50. The summed E-state index contributed by atoms with van der Waals surface area (Å²) in [6.45, 7) is 2.52. The quantitative estimate of drug-likeness (QED) is 0.852. The van der Waals surface area contributed by atoms with Gasteiger partial charge >= 0.3 is 6.18 Å². The SMILES string of the molecule is CCN(CC(=O)Nc1ccccc1C(F)(F)F)C(=O)[C@H]1CCCCN1. The van der Waals surface area contributed by atoms with E-state index in [0.29, 0.717) is 13.0 Å². The molecule has 2 N–H and O–H groups in total. The Morgan fingerprint density at radius 1 is 1.28 bits per heavy atom. The Bertz CT molecular complexity index is 613. The normalized spacial score (nSPS) is 17.8. The van der Waals surface area contributed by atoms with Crippen LogP contribution in [-0.4, -0.2) is 42.4 Å². The smallest absolute Gasteiger partial charge is 0.332 e. The number of amides is 2. The van der Waals surface area contributed by atoms with Crippen LogP contribution in [0.5, 0.6) is 0 Å². The summed E-state index contributed by atoms with van der Waals surface area (Å²) in [6.07, 6.45) is -1.92. The highest BCUT2D eigenvalue weighted by atomic mass is 19.4. The molecule has 2 amide bonds. The summed E-state index contributed by atoms with van der Waals surface area (Å²) in [6, 6.07) is 4.45. The van der Waals surface area contributed by atoms with E-state index in [1.807, 2.05) is 0 Å². The minimum atomic E-state index is -4.56. The highest BCUT2D eigenvalue weighted by Gasteiger charge is 2.34. The van der Waals surface area contributed by atoms with Gasteiger partial charge in [-0.15, -0.1) is 0 Å². The van der Waals surface area contributed by atoms with E-state index in [2.05, 4.69) is 10.6 Å². The van der Waals surface area contributed by atoms with E-state index in [9.17, 15) is 22.8 Å². The van der Waals surface area contributed by atoms with Crippen molar-refractivity contribution in [2.45, 2.75) is 38.4 Å². The number of nitrogens with one attached hydrogen (secondary N) is 2. The van der Waals surface area contributed by atoms with E-state index in [0.717, 1.165) is 25.5 Å². The second-order valence-electron chi connectivity index (χ2n) is 5.95. The first-order chi connectivity index (χ1) is 11.8. The molecule has 0 spiro atoms. The third-order valence-corrected chi connectivity index (χ3v) is 4.14. The Morgan fingerprint density at radius 3 is 2.60 bits per heavy atom. The molecule has 1 aliphatic heterocycles. The molecule has 0 unspecified atom stereocenters. The highest BCUT2D eigenvalue weighted by molar-refractivity contribution is 5.95. The van der Waals surface area contributed by atoms with Crippen molar-refractivity contribution in [3.63, 3.8) is 0 Å². The molecule has 8 heteroatoms. The lowest BCUT2D eigenvalue weighted by Gasteiger charge is -2.29. The molecule has 1 heterocycles. The maximum Gasteiger partial charge on any atom is 0.418 e. The van der Waals surface area contributed by atoms with E-state index in [-0.39, 0.29) is 24.2 Å². The summed E-state index contributed by atoms with van der Waals surface area (Å²) in [5.41, 5.74) is -1.22. The van der Waals surface area contributed by atoms with Crippen molar-refractivity contribution in [1.82, 2.24) is 10.2 Å². The van der Waals surface area contributed by atoms with Gasteiger partial charge in [-0.1, -0.05) is 18.6 Å². The van der Waals surface area contributed by atoms with Gasteiger partial charge in [0.05, 0.1) is 23.8 Å². The number of benzene rings is 1. The number of hydrogen-bond donors (Lipinski definition) is 2. The predicted octanol–water partition coefficient (Wildman–Crippen LogP) is 2.63. The zero-order chi connectivity index (χ0) is 18.4. The van der Waals surface area contributed by atoms with Gasteiger partial charge < -0.3 is 15.5 Å². The first-order valence-corrected chi connectivity index (χ1v) is 8.31. The van der Waals surface area contributed by atoms with Crippen LogP contribution in [0.2, 0.25) is 0 Å². The number of alkyl halides is 3. The average Bonchev–Trinajstić information content (AvgIpc) is 2.59. The maximum absolute atomic E-state index is 13.0. The van der Waals surface area contributed by atoms with Crippen molar-refractivity contribution in [3.05, 3.63) is 29.8 Å². The fraction of sp³-hybridized carbons (Fsp3) is 0.529. The molecule has 0 aromatic heterocycles. The van der Waals surface area contributed by atoms with E-state index < -0.39 is 17.6 Å². The number of piperidine rings is 1. The molecule has 1 atom stereocenters. The van der Waals surface area contributed by atoms with Crippen LogP contribution in [0.25, 0.3) is 0 Å². The molecule has 0 radical (unpaired) electrons. The van der Waals surface area contributed by atoms with Crippen molar-refractivity contribution in [1.29, 1.82) is 0 Å². The fourth-order valence-electron chi connectivity index (χ4n) is 2.83. The second-order valence-corrected chi connectivity index (χ2v) is 5.95. The molecular weight excluding hydrogens is 335 g/mol. The van der Waals surface area contributed by atoms with Gasteiger partial charge in [-0.2, -0.15) is 13.2 Å². The van der Waals surface area contributed by atoms with E-state index in [1.165, 1.54) is 23.1 Å². The van der Waals surface area contributed by atoms with Gasteiger partial charge in [0.25, 0.3) is 0 Å². The minimum Gasteiger partial charge on any atom is -0.332 e. The Labute approximate surface area is 144 Å². The van der Waals surface area contributed by atoms with Crippen LogP contribution in [0.3, 0.4) is 0 Å². The van der Waals surface area contributed by atoms with Gasteiger partial charge in [0.1, 0.15) is 0 Å². The van der Waals surface area contributed by atoms with Crippen molar-refractivity contribution in [3.8, 4) is 0 Å². The molecule has 1 saturated heterocycles. The second kappa shape index (κ2) is 8.33. The molecule has 0 aliphatic carbocycles. The average molecular weight is 357 g/mol. The molecule has 1 aromatic rings. The number of carbonyl (C=O) groups is 2. The van der Waals surface area contributed by atoms with Gasteiger partial charge in [0.15, 0.2) is 0 Å². The lowest BCUT2D eigenvalue weighted by molar-refractivity contribution is -0.138. The number of para-hydroxylation sites is 1. The summed E-state index contributed by atoms with van der Waals surface area (Å²) in [5, 5.41) is 5.38. The van der Waals surface area contributed by atoms with Crippen LogP contribution in [0.4, 0.5) is 18.9 Å². The first-order valence-electron chi connectivity index (χ1n) is 8.31. The molecule has 2 rings (SSSR count). The van der Waals surface area contributed by atoms with Gasteiger partial charge in [-0.05, 0) is 38.4 Å². The van der Waals surface area contributed by atoms with Crippen LogP contribution in [0, 0.1) is 0 Å². The molecule has 1 fully saturated rings. The summed E-state index contributed by atoms with van der Waals surface area (Å²) in [7, 11) is 0. The predicted molar refractivity (Wildman–Crippen MR) is 88.0 cm³/mol. The number of carbonyl (C=O) groups excluding carboxylic acids is 2. The number of likely N-dealkylation sites (N-methyl/N-ethyl adjacent to an activating group) is 1. The number of anilines is 1. The molecule has 0 saturated carbocycles. The van der Waals surface area contributed by atoms with Crippen molar-refractivity contribution >= 4 is 17.5 Å². The Morgan fingerprint density at radius 2 is 2.00 bits per heavy atom. The van der Waals surface area contributed by atoms with Crippen LogP contribution in [0.15, 0.2) is 24.3 Å². The molecule has 1 aliphatic rings. The van der Waals surface area contributed by atoms with E-state index in [4.69, 9.17) is 0 Å². The van der Waals surface area contributed by atoms with Crippen LogP contribution in [0.1, 0.15) is 31.7 Å². The monoisotopic (exact) mass is 357 g/mol. The zero-order valence-electron chi connectivity index (χ0n) is 14.0. The number of halogens is 3. The van der Waals surface area contributed by atoms with Gasteiger partial charge in [0, 0.05) is 6.54 Å². The molecule has 138 valence electrons. The largest absolute Gasteiger partial charge is 0.418 e. The minimum absolute atomic E-state index is 0.193. The molecular formula is C17H22F3N3O2. The summed E-state index contributed by atoms with van der Waals surface area (Å²) in [4.78, 5) is 26.0. The van der Waals surface area contributed by atoms with Crippen LogP contribution >= 0.6 is 0 Å². The molecule has 25 heavy (non-hydrogen) atoms. The standard InChI is InChI=1S/C17H22F3N3O2/c1-2-23(16(25)14-9-5-6-10-21-14)11-15(24)22-13-8-4-3-7-12(13)17(18,19)20/h3-4,7-8,14,21H,2,5-6,9-11H2,1H3,(H,22,24)/t14-/m1/s1. The van der Waals surface area contributed by atoms with Crippen molar-refractivity contribution < 1.29 is 22.8 Å². The van der Waals surface area contributed by atoms with Gasteiger partial charge in [-0.3, -0.25) is 9.59 Å². The summed E-state index contributed by atoms with van der Waals surface area (Å²) >= 11 is 0. The number of rotatable bonds is 5. The first kappa shape index (κ1) is 19.2. The molecule has 0 bridgehead atoms. The number of nitrogens with zero attached hydrogens (tertiary/aromatic N) is 1. The third-order valence-electron chi connectivity index (χ3n) is 4.14. The summed E-state index contributed by atoms with van der Waals surface area (Å²) in [5.74, 6) is -0.843. The molecule has 1 aromatic carbocycles. The van der Waals surface area contributed by atoms with E-state index >= 15 is 0 Å². The third kappa shape index (κ3) is 5.19. The Balaban J connectivity index is 2.02. The zero-order valence-corrected chi connectivity index (χ0v) is 14.0. The van der Waals surface area contributed by atoms with Gasteiger partial charge in [0.2, 0.25) is 11.8 Å². The van der Waals surface area contributed by atoms with Crippen molar-refractivity contribution in [2.75, 3.05) is 25.0 Å². The van der Waals surface area contributed by atoms with Crippen LogP contribution < -0.4 is 10.6 Å². The Hall–Kier alpha value is -2.09. The lowest BCUT2D eigenvalue weighted by atomic mass is 10.0. The Kier molecular flexibility index (Phi) is 6.41. The maximum atomic E-state index is 13.0. The van der Waals surface area contributed by atoms with Gasteiger partial charge in [-0.25, -0.2) is 0 Å². The fourth-order valence-corrected chi connectivity index (χ4v) is 2.83. The van der Waals surface area contributed by atoms with Crippen molar-refractivity contribution in [2.24, 2.45) is 0 Å².